The van der Waals surface area contributed by atoms with Gasteiger partial charge in [-0.3, -0.25) is 0 Å². The fourth-order valence-corrected chi connectivity index (χ4v) is 1.87. The Morgan fingerprint density at radius 3 is 2.67 bits per heavy atom. The molecule has 1 saturated carbocycles. The summed E-state index contributed by atoms with van der Waals surface area (Å²) in [6, 6.07) is 0. The van der Waals surface area contributed by atoms with Gasteiger partial charge in [0.2, 0.25) is 0 Å². The lowest BCUT2D eigenvalue weighted by Crippen LogP contribution is -2.25. The minimum atomic E-state index is -0.292. The van der Waals surface area contributed by atoms with E-state index in [1.807, 2.05) is 0 Å². The summed E-state index contributed by atoms with van der Waals surface area (Å²) in [6.45, 7) is 6.11. The third kappa shape index (κ3) is 2.93. The Labute approximate surface area is 90.8 Å². The molecule has 0 bridgehead atoms. The number of rotatable bonds is 2. The van der Waals surface area contributed by atoms with E-state index in [1.165, 1.54) is 7.11 Å². The van der Waals surface area contributed by atoms with Crippen molar-refractivity contribution < 1.29 is 14.3 Å². The zero-order chi connectivity index (χ0) is 11.4. The predicted octanol–water partition coefficient (Wildman–Crippen LogP) is 2.09. The van der Waals surface area contributed by atoms with Crippen molar-refractivity contribution in [3.8, 4) is 0 Å². The summed E-state index contributed by atoms with van der Waals surface area (Å²) in [5.41, 5.74) is 2.19. The topological polar surface area (TPSA) is 35.5 Å². The van der Waals surface area contributed by atoms with Crippen LogP contribution in [0.15, 0.2) is 23.8 Å². The first kappa shape index (κ1) is 12.0. The van der Waals surface area contributed by atoms with E-state index in [0.29, 0.717) is 5.92 Å². The van der Waals surface area contributed by atoms with Crippen LogP contribution < -0.4 is 0 Å². The number of hydrogen-bond acceptors (Lipinski definition) is 3. The molecule has 0 radical (unpaired) electrons. The molecule has 0 N–H and O–H groups in total. The van der Waals surface area contributed by atoms with Crippen LogP contribution in [0.3, 0.4) is 0 Å². The number of carbonyl (C=O) groups is 1. The Morgan fingerprint density at radius 1 is 1.47 bits per heavy atom. The molecule has 0 heterocycles. The molecule has 0 aromatic heterocycles. The molecule has 15 heavy (non-hydrogen) atoms. The molecule has 84 valence electrons. The highest BCUT2D eigenvalue weighted by Crippen LogP contribution is 2.33. The van der Waals surface area contributed by atoms with E-state index in [2.05, 4.69) is 18.2 Å². The standard InChI is InChI=1S/C12H18O3/c1-8-5-10(7-12(13)15-4)6-11(14-3)9(8)2/h7-8,11H,2,5-6H2,1,3-4H3. The average molecular weight is 210 g/mol. The van der Waals surface area contributed by atoms with E-state index in [9.17, 15) is 4.79 Å². The van der Waals surface area contributed by atoms with Crippen LogP contribution >= 0.6 is 0 Å². The number of methoxy groups -OCH3 is 2. The van der Waals surface area contributed by atoms with Crippen LogP contribution in [-0.2, 0) is 14.3 Å². The number of hydrogen-bond donors (Lipinski definition) is 0. The molecule has 0 saturated heterocycles. The second kappa shape index (κ2) is 5.12. The highest BCUT2D eigenvalue weighted by molar-refractivity contribution is 5.82. The Balaban J connectivity index is 2.75. The normalized spacial score (nSPS) is 29.3. The van der Waals surface area contributed by atoms with E-state index in [4.69, 9.17) is 4.74 Å². The Kier molecular flexibility index (Phi) is 4.09. The van der Waals surface area contributed by atoms with Crippen molar-refractivity contribution in [2.45, 2.75) is 25.9 Å². The summed E-state index contributed by atoms with van der Waals surface area (Å²) < 4.78 is 9.93. The van der Waals surface area contributed by atoms with Crippen LogP contribution in [-0.4, -0.2) is 26.3 Å². The second-order valence-corrected chi connectivity index (χ2v) is 3.93. The molecule has 2 atom stereocenters. The summed E-state index contributed by atoms with van der Waals surface area (Å²) in [5.74, 6) is 0.0687. The number of carbonyl (C=O) groups excluding carboxylic acids is 1. The van der Waals surface area contributed by atoms with Gasteiger partial charge in [0.05, 0.1) is 13.2 Å². The van der Waals surface area contributed by atoms with Gasteiger partial charge in [0.15, 0.2) is 0 Å². The number of ether oxygens (including phenoxy) is 2. The highest BCUT2D eigenvalue weighted by atomic mass is 16.5. The van der Waals surface area contributed by atoms with Crippen LogP contribution in [0.4, 0.5) is 0 Å². The molecule has 0 aliphatic heterocycles. The van der Waals surface area contributed by atoms with Crippen molar-refractivity contribution >= 4 is 5.97 Å². The largest absolute Gasteiger partial charge is 0.466 e. The molecule has 0 spiro atoms. The van der Waals surface area contributed by atoms with Crippen LogP contribution in [0.2, 0.25) is 0 Å². The van der Waals surface area contributed by atoms with Gasteiger partial charge in [-0.05, 0) is 24.3 Å². The summed E-state index contributed by atoms with van der Waals surface area (Å²) in [5, 5.41) is 0. The number of esters is 1. The third-order valence-corrected chi connectivity index (χ3v) is 2.87. The maximum atomic E-state index is 11.1. The first-order valence-electron chi connectivity index (χ1n) is 5.07. The van der Waals surface area contributed by atoms with Crippen LogP contribution in [0.1, 0.15) is 19.8 Å². The quantitative estimate of drug-likeness (QED) is 0.398. The minimum Gasteiger partial charge on any atom is -0.466 e. The smallest absolute Gasteiger partial charge is 0.330 e. The molecule has 0 amide bonds. The molecule has 1 aliphatic carbocycles. The van der Waals surface area contributed by atoms with Crippen LogP contribution in [0.5, 0.6) is 0 Å². The first-order valence-corrected chi connectivity index (χ1v) is 5.07. The van der Waals surface area contributed by atoms with E-state index >= 15 is 0 Å². The van der Waals surface area contributed by atoms with Crippen molar-refractivity contribution in [3.63, 3.8) is 0 Å². The lowest BCUT2D eigenvalue weighted by Gasteiger charge is -2.30. The summed E-state index contributed by atoms with van der Waals surface area (Å²) >= 11 is 0. The summed E-state index contributed by atoms with van der Waals surface area (Å²) in [4.78, 5) is 11.1. The predicted molar refractivity (Wildman–Crippen MR) is 58.4 cm³/mol. The van der Waals surface area contributed by atoms with Crippen molar-refractivity contribution in [1.29, 1.82) is 0 Å². The fourth-order valence-electron chi connectivity index (χ4n) is 1.87. The van der Waals surface area contributed by atoms with Gasteiger partial charge < -0.3 is 9.47 Å². The molecule has 3 nitrogen and oxygen atoms in total. The molecular formula is C12H18O3. The van der Waals surface area contributed by atoms with Gasteiger partial charge >= 0.3 is 5.97 Å². The maximum absolute atomic E-state index is 11.1. The lowest BCUT2D eigenvalue weighted by molar-refractivity contribution is -0.134. The van der Waals surface area contributed by atoms with Gasteiger partial charge in [0.25, 0.3) is 0 Å². The summed E-state index contributed by atoms with van der Waals surface area (Å²) in [7, 11) is 3.06. The maximum Gasteiger partial charge on any atom is 0.330 e. The molecule has 1 fully saturated rings. The average Bonchev–Trinajstić information content (AvgIpc) is 2.22. The monoisotopic (exact) mass is 210 g/mol. The Hall–Kier alpha value is -1.09. The highest BCUT2D eigenvalue weighted by Gasteiger charge is 2.26. The van der Waals surface area contributed by atoms with E-state index in [-0.39, 0.29) is 12.1 Å². The minimum absolute atomic E-state index is 0.0321. The first-order chi connectivity index (χ1) is 7.08. The van der Waals surface area contributed by atoms with Gasteiger partial charge in [0, 0.05) is 13.2 Å². The summed E-state index contributed by atoms with van der Waals surface area (Å²) in [6.07, 6.45) is 3.21. The molecule has 0 aromatic rings. The van der Waals surface area contributed by atoms with Gasteiger partial charge in [-0.1, -0.05) is 19.1 Å². The molecular weight excluding hydrogens is 192 g/mol. The molecule has 0 aromatic carbocycles. The van der Waals surface area contributed by atoms with Crippen molar-refractivity contribution in [3.05, 3.63) is 23.8 Å². The molecule has 1 aliphatic rings. The van der Waals surface area contributed by atoms with Gasteiger partial charge in [-0.2, -0.15) is 0 Å². The van der Waals surface area contributed by atoms with Crippen LogP contribution in [0, 0.1) is 5.92 Å². The van der Waals surface area contributed by atoms with E-state index in [0.717, 1.165) is 24.0 Å². The molecule has 3 heteroatoms. The van der Waals surface area contributed by atoms with Gasteiger partial charge in [-0.15, -0.1) is 0 Å². The Morgan fingerprint density at radius 2 is 2.13 bits per heavy atom. The van der Waals surface area contributed by atoms with Crippen molar-refractivity contribution in [2.75, 3.05) is 14.2 Å². The van der Waals surface area contributed by atoms with Gasteiger partial charge in [0.1, 0.15) is 0 Å². The second-order valence-electron chi connectivity index (χ2n) is 3.93. The zero-order valence-electron chi connectivity index (χ0n) is 9.58. The fraction of sp³-hybridized carbons (Fsp3) is 0.583. The van der Waals surface area contributed by atoms with Crippen molar-refractivity contribution in [2.24, 2.45) is 5.92 Å². The third-order valence-electron chi connectivity index (χ3n) is 2.87. The zero-order valence-corrected chi connectivity index (χ0v) is 9.58. The lowest BCUT2D eigenvalue weighted by atomic mass is 9.81. The molecule has 1 rings (SSSR count). The SMILES string of the molecule is C=C1C(C)CC(=CC(=O)OC)CC1OC. The van der Waals surface area contributed by atoms with E-state index in [1.54, 1.807) is 13.2 Å². The Bertz CT molecular complexity index is 291. The van der Waals surface area contributed by atoms with E-state index < -0.39 is 0 Å². The van der Waals surface area contributed by atoms with Crippen molar-refractivity contribution in [1.82, 2.24) is 0 Å². The molecule has 2 unspecified atom stereocenters. The van der Waals surface area contributed by atoms with Crippen LogP contribution in [0.25, 0.3) is 0 Å². The van der Waals surface area contributed by atoms with Gasteiger partial charge in [-0.25, -0.2) is 4.79 Å².